The van der Waals surface area contributed by atoms with Crippen molar-refractivity contribution in [3.05, 3.63) is 71.8 Å². The number of hydrogen-bond acceptors (Lipinski definition) is 3. The van der Waals surface area contributed by atoms with Crippen molar-refractivity contribution in [1.29, 1.82) is 0 Å². The van der Waals surface area contributed by atoms with Gasteiger partial charge in [0, 0.05) is 6.54 Å². The lowest BCUT2D eigenvalue weighted by atomic mass is 9.72. The summed E-state index contributed by atoms with van der Waals surface area (Å²) in [7, 11) is 0. The maximum absolute atomic E-state index is 13.4. The zero-order chi connectivity index (χ0) is 21.2. The Labute approximate surface area is 174 Å². The average molecular weight is 395 g/mol. The summed E-state index contributed by atoms with van der Waals surface area (Å²) < 4.78 is 0. The number of benzene rings is 2. The summed E-state index contributed by atoms with van der Waals surface area (Å²) in [5, 5.41) is 14.8. The minimum Gasteiger partial charge on any atom is -0.391 e. The molecule has 3 rings (SSSR count). The first-order valence-electron chi connectivity index (χ1n) is 10.4. The zero-order valence-corrected chi connectivity index (χ0v) is 18.2. The van der Waals surface area contributed by atoms with E-state index < -0.39 is 17.8 Å². The predicted octanol–water partition coefficient (Wildman–Crippen LogP) is 3.99. The summed E-state index contributed by atoms with van der Waals surface area (Å²) in [5.41, 5.74) is 1.60. The molecule has 1 saturated heterocycles. The molecule has 4 heteroatoms. The number of aliphatic hydroxyl groups excluding tert-OH is 1. The maximum Gasteiger partial charge on any atom is 0.244 e. The Hall–Kier alpha value is -2.17. The van der Waals surface area contributed by atoms with E-state index in [4.69, 9.17) is 0 Å². The fourth-order valence-electron chi connectivity index (χ4n) is 4.28. The van der Waals surface area contributed by atoms with E-state index >= 15 is 0 Å². The quantitative estimate of drug-likeness (QED) is 0.779. The number of aliphatic hydroxyl groups is 1. The molecule has 0 spiro atoms. The molecule has 0 bridgehead atoms. The molecule has 4 nitrogen and oxygen atoms in total. The van der Waals surface area contributed by atoms with Gasteiger partial charge in [-0.15, -0.1) is 0 Å². The van der Waals surface area contributed by atoms with Crippen molar-refractivity contribution in [2.24, 2.45) is 11.3 Å². The van der Waals surface area contributed by atoms with E-state index in [1.165, 1.54) is 5.56 Å². The summed E-state index contributed by atoms with van der Waals surface area (Å²) in [6.45, 7) is 10.9. The van der Waals surface area contributed by atoms with Crippen LogP contribution in [0.15, 0.2) is 60.7 Å². The molecule has 2 N–H and O–H groups in total. The van der Waals surface area contributed by atoms with Crippen LogP contribution >= 0.6 is 0 Å². The summed E-state index contributed by atoms with van der Waals surface area (Å²) >= 11 is 0. The molecule has 0 saturated carbocycles. The van der Waals surface area contributed by atoms with E-state index in [1.54, 1.807) is 0 Å². The van der Waals surface area contributed by atoms with Crippen LogP contribution in [0.4, 0.5) is 0 Å². The first kappa shape index (κ1) is 21.5. The highest BCUT2D eigenvalue weighted by molar-refractivity contribution is 5.85. The van der Waals surface area contributed by atoms with E-state index in [2.05, 4.69) is 38.2 Å². The van der Waals surface area contributed by atoms with Crippen LogP contribution in [0.3, 0.4) is 0 Å². The second-order valence-electron chi connectivity index (χ2n) is 9.74. The number of amides is 1. The highest BCUT2D eigenvalue weighted by atomic mass is 16.3. The van der Waals surface area contributed by atoms with Crippen molar-refractivity contribution in [3.8, 4) is 0 Å². The third-order valence-corrected chi connectivity index (χ3v) is 6.06. The first-order chi connectivity index (χ1) is 13.6. The minimum atomic E-state index is -0.775. The molecule has 3 unspecified atom stereocenters. The Bertz CT molecular complexity index is 812. The van der Waals surface area contributed by atoms with Gasteiger partial charge in [-0.25, -0.2) is 0 Å². The molecule has 1 fully saturated rings. The van der Waals surface area contributed by atoms with Crippen LogP contribution in [0.25, 0.3) is 0 Å². The summed E-state index contributed by atoms with van der Waals surface area (Å²) in [5.74, 6) is -0.0903. The largest absolute Gasteiger partial charge is 0.391 e. The van der Waals surface area contributed by atoms with Crippen LogP contribution < -0.4 is 5.32 Å². The smallest absolute Gasteiger partial charge is 0.244 e. The van der Waals surface area contributed by atoms with Crippen molar-refractivity contribution in [1.82, 2.24) is 10.2 Å². The molecule has 1 aliphatic rings. The van der Waals surface area contributed by atoms with Crippen molar-refractivity contribution in [2.75, 3.05) is 0 Å². The van der Waals surface area contributed by atoms with Gasteiger partial charge < -0.3 is 10.0 Å². The number of rotatable bonds is 6. The fraction of sp³-hybridized carbons (Fsp3) is 0.480. The number of carbonyl (C=O) groups is 1. The van der Waals surface area contributed by atoms with Crippen molar-refractivity contribution < 1.29 is 9.90 Å². The zero-order valence-electron chi connectivity index (χ0n) is 18.2. The Morgan fingerprint density at radius 1 is 1.00 bits per heavy atom. The molecular formula is C25H34N2O2. The van der Waals surface area contributed by atoms with E-state index in [-0.39, 0.29) is 17.2 Å². The van der Waals surface area contributed by atoms with Gasteiger partial charge in [0.25, 0.3) is 0 Å². The molecule has 1 aliphatic heterocycles. The van der Waals surface area contributed by atoms with Crippen molar-refractivity contribution >= 4 is 5.91 Å². The van der Waals surface area contributed by atoms with Crippen molar-refractivity contribution in [3.63, 3.8) is 0 Å². The molecule has 1 amide bonds. The summed E-state index contributed by atoms with van der Waals surface area (Å²) in [4.78, 5) is 15.2. The third kappa shape index (κ3) is 4.88. The van der Waals surface area contributed by atoms with Gasteiger partial charge in [0.05, 0.1) is 11.8 Å². The van der Waals surface area contributed by atoms with Gasteiger partial charge in [0.1, 0.15) is 6.04 Å². The Morgan fingerprint density at radius 2 is 1.52 bits per heavy atom. The Balaban J connectivity index is 1.82. The lowest BCUT2D eigenvalue weighted by Crippen LogP contribution is -2.51. The fourth-order valence-corrected chi connectivity index (χ4v) is 4.28. The molecular weight excluding hydrogens is 360 g/mol. The number of hydrogen-bond donors (Lipinski definition) is 2. The molecule has 29 heavy (non-hydrogen) atoms. The lowest BCUT2D eigenvalue weighted by Gasteiger charge is -2.37. The standard InChI is InChI=1S/C25H34N2O2/c1-24(2,3)20(16-18-12-8-6-9-13-18)22(28)21-23(29)27(25(4,5)26-21)17-19-14-10-7-11-15-19/h6-15,20-22,26,28H,16-17H2,1-5H3. The van der Waals surface area contributed by atoms with Gasteiger partial charge in [0.2, 0.25) is 5.91 Å². The van der Waals surface area contributed by atoms with Crippen LogP contribution in [0.2, 0.25) is 0 Å². The minimum absolute atomic E-state index is 0.0336. The van der Waals surface area contributed by atoms with Gasteiger partial charge >= 0.3 is 0 Å². The van der Waals surface area contributed by atoms with Crippen LogP contribution in [0.1, 0.15) is 45.7 Å². The second-order valence-corrected chi connectivity index (χ2v) is 9.74. The highest BCUT2D eigenvalue weighted by Crippen LogP contribution is 2.36. The van der Waals surface area contributed by atoms with E-state index in [9.17, 15) is 9.90 Å². The van der Waals surface area contributed by atoms with Gasteiger partial charge in [-0.05, 0) is 42.7 Å². The van der Waals surface area contributed by atoms with Gasteiger partial charge in [-0.3, -0.25) is 10.1 Å². The second kappa shape index (κ2) is 8.29. The molecule has 3 atom stereocenters. The topological polar surface area (TPSA) is 52.6 Å². The van der Waals surface area contributed by atoms with Gasteiger partial charge in [-0.1, -0.05) is 81.4 Å². The molecule has 2 aromatic rings. The van der Waals surface area contributed by atoms with E-state index in [1.807, 2.05) is 67.3 Å². The van der Waals surface area contributed by atoms with Crippen LogP contribution in [0, 0.1) is 11.3 Å². The molecule has 0 aliphatic carbocycles. The lowest BCUT2D eigenvalue weighted by molar-refractivity contribution is -0.135. The molecule has 0 radical (unpaired) electrons. The first-order valence-corrected chi connectivity index (χ1v) is 10.4. The molecule has 156 valence electrons. The molecule has 0 aromatic heterocycles. The monoisotopic (exact) mass is 394 g/mol. The van der Waals surface area contributed by atoms with Crippen LogP contribution in [0.5, 0.6) is 0 Å². The Morgan fingerprint density at radius 3 is 2.03 bits per heavy atom. The molecule has 1 heterocycles. The van der Waals surface area contributed by atoms with E-state index in [0.29, 0.717) is 6.54 Å². The van der Waals surface area contributed by atoms with Gasteiger partial charge in [-0.2, -0.15) is 0 Å². The van der Waals surface area contributed by atoms with Gasteiger partial charge in [0.15, 0.2) is 0 Å². The summed E-state index contributed by atoms with van der Waals surface area (Å²) in [6, 6.07) is 19.6. The maximum atomic E-state index is 13.4. The summed E-state index contributed by atoms with van der Waals surface area (Å²) in [6.07, 6.45) is -0.0430. The Kier molecular flexibility index (Phi) is 6.16. The SMILES string of the molecule is CC(C)(C)C(Cc1ccccc1)C(O)C1NC(C)(C)N(Cc2ccccc2)C1=O. The average Bonchev–Trinajstić information content (AvgIpc) is 2.90. The third-order valence-electron chi connectivity index (χ3n) is 6.06. The van der Waals surface area contributed by atoms with E-state index in [0.717, 1.165) is 12.0 Å². The number of carbonyl (C=O) groups excluding carboxylic acids is 1. The molecule has 2 aromatic carbocycles. The van der Waals surface area contributed by atoms with Crippen LogP contribution in [-0.2, 0) is 17.8 Å². The predicted molar refractivity (Wildman–Crippen MR) is 117 cm³/mol. The highest BCUT2D eigenvalue weighted by Gasteiger charge is 2.50. The number of nitrogens with zero attached hydrogens (tertiary/aromatic N) is 1. The normalized spacial score (nSPS) is 21.2. The van der Waals surface area contributed by atoms with Crippen molar-refractivity contribution in [2.45, 2.75) is 65.4 Å². The number of nitrogens with one attached hydrogen (secondary N) is 1. The van der Waals surface area contributed by atoms with Crippen LogP contribution in [-0.4, -0.2) is 33.7 Å².